The second-order valence-corrected chi connectivity index (χ2v) is 5.52. The molecule has 0 unspecified atom stereocenters. The van der Waals surface area contributed by atoms with Gasteiger partial charge in [0.05, 0.1) is 25.1 Å². The summed E-state index contributed by atoms with van der Waals surface area (Å²) in [5.74, 6) is 2.20. The molecule has 0 bridgehead atoms. The van der Waals surface area contributed by atoms with E-state index in [9.17, 15) is 0 Å². The Kier molecular flexibility index (Phi) is 3.86. The molecule has 112 valence electrons. The number of benzene rings is 1. The minimum absolute atomic E-state index is 0.619. The number of aromatic nitrogens is 1. The highest BCUT2D eigenvalue weighted by Crippen LogP contribution is 2.43. The molecule has 4 heteroatoms. The number of pyridine rings is 1. The number of nitrogens with one attached hydrogen (secondary N) is 1. The Morgan fingerprint density at radius 3 is 2.62 bits per heavy atom. The summed E-state index contributed by atoms with van der Waals surface area (Å²) in [6.07, 6.45) is 3.57. The van der Waals surface area contributed by atoms with Crippen LogP contribution in [0, 0.1) is 0 Å². The van der Waals surface area contributed by atoms with E-state index in [0.29, 0.717) is 5.92 Å². The van der Waals surface area contributed by atoms with Crippen molar-refractivity contribution in [1.82, 2.24) is 4.98 Å². The molecule has 0 saturated heterocycles. The van der Waals surface area contributed by atoms with Gasteiger partial charge in [0, 0.05) is 36.0 Å². The highest BCUT2D eigenvalue weighted by atomic mass is 16.5. The van der Waals surface area contributed by atoms with Crippen LogP contribution in [0.3, 0.4) is 0 Å². The molecule has 1 fully saturated rings. The Bertz CT molecular complexity index is 651. The fourth-order valence-electron chi connectivity index (χ4n) is 2.59. The van der Waals surface area contributed by atoms with Crippen LogP contribution in [0.2, 0.25) is 0 Å². The number of nitrogens with zero attached hydrogens (tertiary/aromatic N) is 1. The molecule has 0 spiro atoms. The van der Waals surface area contributed by atoms with E-state index >= 15 is 0 Å². The first-order chi connectivity index (χ1) is 10.3. The summed E-state index contributed by atoms with van der Waals surface area (Å²) in [5, 5.41) is 4.55. The lowest BCUT2D eigenvalue weighted by Gasteiger charge is -2.15. The lowest BCUT2D eigenvalue weighted by atomic mass is 10.1. The van der Waals surface area contributed by atoms with E-state index in [-0.39, 0.29) is 0 Å². The standard InChI is InChI=1S/C17H22N2O2/c1-4-7-18-14-10-13(11-5-6-11)19-15-8-12(20-2)9-16(21-3)17(14)15/h8-11H,4-7H2,1-3H3,(H,18,19). The maximum atomic E-state index is 5.55. The maximum absolute atomic E-state index is 5.55. The molecule has 1 heterocycles. The van der Waals surface area contributed by atoms with Crippen molar-refractivity contribution in [2.24, 2.45) is 0 Å². The van der Waals surface area contributed by atoms with E-state index in [1.807, 2.05) is 12.1 Å². The molecule has 0 atom stereocenters. The average molecular weight is 286 g/mol. The molecule has 1 aliphatic carbocycles. The van der Waals surface area contributed by atoms with Gasteiger partial charge in [0.25, 0.3) is 0 Å². The summed E-state index contributed by atoms with van der Waals surface area (Å²) in [6.45, 7) is 3.11. The van der Waals surface area contributed by atoms with Crippen LogP contribution in [0.1, 0.15) is 37.8 Å². The second kappa shape index (κ2) is 5.80. The minimum Gasteiger partial charge on any atom is -0.497 e. The molecular weight excluding hydrogens is 264 g/mol. The van der Waals surface area contributed by atoms with Crippen LogP contribution in [0.15, 0.2) is 18.2 Å². The molecule has 1 aromatic carbocycles. The van der Waals surface area contributed by atoms with E-state index in [2.05, 4.69) is 18.3 Å². The quantitative estimate of drug-likeness (QED) is 0.873. The molecule has 1 aliphatic rings. The Hall–Kier alpha value is -1.97. The third-order valence-corrected chi connectivity index (χ3v) is 3.88. The van der Waals surface area contributed by atoms with Crippen molar-refractivity contribution in [1.29, 1.82) is 0 Å². The number of methoxy groups -OCH3 is 2. The summed E-state index contributed by atoms with van der Waals surface area (Å²) in [5.41, 5.74) is 3.23. The van der Waals surface area contributed by atoms with Gasteiger partial charge in [0.2, 0.25) is 0 Å². The third kappa shape index (κ3) is 2.75. The van der Waals surface area contributed by atoms with Crippen LogP contribution in [-0.4, -0.2) is 25.7 Å². The minimum atomic E-state index is 0.619. The van der Waals surface area contributed by atoms with Crippen LogP contribution in [-0.2, 0) is 0 Å². The van der Waals surface area contributed by atoms with Gasteiger partial charge in [-0.25, -0.2) is 0 Å². The van der Waals surface area contributed by atoms with Crippen LogP contribution in [0.4, 0.5) is 5.69 Å². The van der Waals surface area contributed by atoms with E-state index in [0.717, 1.165) is 41.1 Å². The molecule has 4 nitrogen and oxygen atoms in total. The van der Waals surface area contributed by atoms with Crippen LogP contribution >= 0.6 is 0 Å². The van der Waals surface area contributed by atoms with Crippen molar-refractivity contribution in [2.75, 3.05) is 26.1 Å². The largest absolute Gasteiger partial charge is 0.497 e. The zero-order valence-corrected chi connectivity index (χ0v) is 12.9. The number of rotatable bonds is 6. The van der Waals surface area contributed by atoms with Crippen molar-refractivity contribution in [3.8, 4) is 11.5 Å². The van der Waals surface area contributed by atoms with Crippen molar-refractivity contribution in [3.63, 3.8) is 0 Å². The lowest BCUT2D eigenvalue weighted by Crippen LogP contribution is -2.03. The van der Waals surface area contributed by atoms with E-state index in [4.69, 9.17) is 14.5 Å². The van der Waals surface area contributed by atoms with Gasteiger partial charge in [0.15, 0.2) is 0 Å². The topological polar surface area (TPSA) is 43.4 Å². The van der Waals surface area contributed by atoms with Gasteiger partial charge in [-0.05, 0) is 25.3 Å². The van der Waals surface area contributed by atoms with Crippen LogP contribution < -0.4 is 14.8 Å². The fraction of sp³-hybridized carbons (Fsp3) is 0.471. The zero-order valence-electron chi connectivity index (χ0n) is 12.9. The predicted molar refractivity (Wildman–Crippen MR) is 85.6 cm³/mol. The number of ether oxygens (including phenoxy) is 2. The maximum Gasteiger partial charge on any atom is 0.134 e. The number of anilines is 1. The monoisotopic (exact) mass is 286 g/mol. The fourth-order valence-corrected chi connectivity index (χ4v) is 2.59. The van der Waals surface area contributed by atoms with Gasteiger partial charge in [0.1, 0.15) is 11.5 Å². The van der Waals surface area contributed by atoms with Gasteiger partial charge in [-0.15, -0.1) is 0 Å². The van der Waals surface area contributed by atoms with Gasteiger partial charge in [-0.3, -0.25) is 4.98 Å². The highest BCUT2D eigenvalue weighted by Gasteiger charge is 2.26. The third-order valence-electron chi connectivity index (χ3n) is 3.88. The zero-order chi connectivity index (χ0) is 14.8. The van der Waals surface area contributed by atoms with E-state index in [1.165, 1.54) is 18.5 Å². The normalized spacial score (nSPS) is 14.2. The van der Waals surface area contributed by atoms with Crippen molar-refractivity contribution >= 4 is 16.6 Å². The first-order valence-electron chi connectivity index (χ1n) is 7.57. The SMILES string of the molecule is CCCNc1cc(C2CC2)nc2cc(OC)cc(OC)c12. The van der Waals surface area contributed by atoms with Crippen LogP contribution in [0.25, 0.3) is 10.9 Å². The van der Waals surface area contributed by atoms with Crippen LogP contribution in [0.5, 0.6) is 11.5 Å². The first-order valence-corrected chi connectivity index (χ1v) is 7.57. The van der Waals surface area contributed by atoms with Crippen molar-refractivity contribution < 1.29 is 9.47 Å². The van der Waals surface area contributed by atoms with Gasteiger partial charge in [-0.2, -0.15) is 0 Å². The molecule has 0 radical (unpaired) electrons. The summed E-state index contributed by atoms with van der Waals surface area (Å²) in [6, 6.07) is 6.09. The van der Waals surface area contributed by atoms with E-state index in [1.54, 1.807) is 14.2 Å². The Morgan fingerprint density at radius 2 is 2.00 bits per heavy atom. The molecule has 3 rings (SSSR count). The summed E-state index contributed by atoms with van der Waals surface area (Å²) >= 11 is 0. The first kappa shape index (κ1) is 14.0. The molecule has 0 amide bonds. The van der Waals surface area contributed by atoms with Crippen molar-refractivity contribution in [3.05, 3.63) is 23.9 Å². The number of hydrogen-bond donors (Lipinski definition) is 1. The summed E-state index contributed by atoms with van der Waals surface area (Å²) in [7, 11) is 3.36. The van der Waals surface area contributed by atoms with Gasteiger partial charge < -0.3 is 14.8 Å². The lowest BCUT2D eigenvalue weighted by molar-refractivity contribution is 0.398. The molecule has 1 aromatic heterocycles. The molecule has 0 aliphatic heterocycles. The van der Waals surface area contributed by atoms with E-state index < -0.39 is 0 Å². The molecule has 1 saturated carbocycles. The highest BCUT2D eigenvalue weighted by molar-refractivity contribution is 5.97. The summed E-state index contributed by atoms with van der Waals surface area (Å²) in [4.78, 5) is 4.82. The summed E-state index contributed by atoms with van der Waals surface area (Å²) < 4.78 is 10.9. The predicted octanol–water partition coefficient (Wildman–Crippen LogP) is 3.95. The second-order valence-electron chi connectivity index (χ2n) is 5.52. The molecule has 21 heavy (non-hydrogen) atoms. The Balaban J connectivity index is 2.19. The molecule has 2 aromatic rings. The molecule has 1 N–H and O–H groups in total. The Morgan fingerprint density at radius 1 is 1.19 bits per heavy atom. The van der Waals surface area contributed by atoms with Crippen molar-refractivity contribution in [2.45, 2.75) is 32.1 Å². The average Bonchev–Trinajstić information content (AvgIpc) is 3.35. The number of fused-ring (bicyclic) bond motifs is 1. The number of hydrogen-bond acceptors (Lipinski definition) is 4. The Labute approximate surface area is 125 Å². The smallest absolute Gasteiger partial charge is 0.134 e. The van der Waals surface area contributed by atoms with Gasteiger partial charge >= 0.3 is 0 Å². The van der Waals surface area contributed by atoms with Gasteiger partial charge in [-0.1, -0.05) is 6.92 Å². The molecular formula is C17H22N2O2.